The zero-order valence-electron chi connectivity index (χ0n) is 8.21. The first-order valence-corrected chi connectivity index (χ1v) is 6.25. The van der Waals surface area contributed by atoms with E-state index in [0.717, 1.165) is 24.2 Å². The highest BCUT2D eigenvalue weighted by molar-refractivity contribution is 7.98. The second kappa shape index (κ2) is 3.21. The Balaban J connectivity index is 2.11. The minimum absolute atomic E-state index is 0.734. The standard InChI is InChI=1S/C10H13N3S/c1-14-10-12-8-5-11-4-7(8)9(13-10)6-2-3-6/h6,11H,2-5H2,1H3. The largest absolute Gasteiger partial charge is 0.307 e. The molecule has 4 heteroatoms. The van der Waals surface area contributed by atoms with Crippen molar-refractivity contribution >= 4 is 11.8 Å². The number of thioether (sulfide) groups is 1. The van der Waals surface area contributed by atoms with Crippen molar-refractivity contribution in [1.82, 2.24) is 15.3 Å². The SMILES string of the molecule is CSc1nc2c(c(C3CC3)n1)CNC2. The minimum Gasteiger partial charge on any atom is -0.307 e. The molecule has 2 heterocycles. The van der Waals surface area contributed by atoms with E-state index < -0.39 is 0 Å². The number of hydrogen-bond donors (Lipinski definition) is 1. The Morgan fingerprint density at radius 1 is 1.29 bits per heavy atom. The fraction of sp³-hybridized carbons (Fsp3) is 0.600. The maximum atomic E-state index is 4.64. The molecule has 3 rings (SSSR count). The van der Waals surface area contributed by atoms with E-state index in [-0.39, 0.29) is 0 Å². The van der Waals surface area contributed by atoms with Gasteiger partial charge in [-0.05, 0) is 19.1 Å². The maximum Gasteiger partial charge on any atom is 0.187 e. The summed E-state index contributed by atoms with van der Waals surface area (Å²) in [5.74, 6) is 0.734. The van der Waals surface area contributed by atoms with Crippen LogP contribution >= 0.6 is 11.8 Å². The first kappa shape index (κ1) is 8.68. The number of hydrogen-bond acceptors (Lipinski definition) is 4. The Kier molecular flexibility index (Phi) is 1.99. The molecule has 74 valence electrons. The van der Waals surface area contributed by atoms with Crippen LogP contribution in [0.3, 0.4) is 0 Å². The van der Waals surface area contributed by atoms with Crippen molar-refractivity contribution < 1.29 is 0 Å². The van der Waals surface area contributed by atoms with Gasteiger partial charge >= 0.3 is 0 Å². The Morgan fingerprint density at radius 3 is 2.86 bits per heavy atom. The van der Waals surface area contributed by atoms with Crippen LogP contribution in [-0.2, 0) is 13.1 Å². The van der Waals surface area contributed by atoms with Crippen molar-refractivity contribution in [3.05, 3.63) is 17.0 Å². The molecule has 0 radical (unpaired) electrons. The summed E-state index contributed by atoms with van der Waals surface area (Å²) < 4.78 is 0. The van der Waals surface area contributed by atoms with Crippen molar-refractivity contribution in [3.8, 4) is 0 Å². The van der Waals surface area contributed by atoms with E-state index in [2.05, 4.69) is 15.3 Å². The first-order valence-electron chi connectivity index (χ1n) is 5.03. The number of aromatic nitrogens is 2. The smallest absolute Gasteiger partial charge is 0.187 e. The van der Waals surface area contributed by atoms with E-state index in [9.17, 15) is 0 Å². The Hall–Kier alpha value is -0.610. The van der Waals surface area contributed by atoms with Crippen molar-refractivity contribution in [2.75, 3.05) is 6.26 Å². The quantitative estimate of drug-likeness (QED) is 0.591. The Bertz CT molecular complexity index is 374. The van der Waals surface area contributed by atoms with Gasteiger partial charge < -0.3 is 5.32 Å². The van der Waals surface area contributed by atoms with Crippen LogP contribution < -0.4 is 5.32 Å². The van der Waals surface area contributed by atoms with Crippen LogP contribution in [0.15, 0.2) is 5.16 Å². The molecule has 2 aliphatic rings. The van der Waals surface area contributed by atoms with Crippen molar-refractivity contribution in [2.24, 2.45) is 0 Å². The van der Waals surface area contributed by atoms with Gasteiger partial charge in [-0.25, -0.2) is 9.97 Å². The molecule has 1 saturated carbocycles. The van der Waals surface area contributed by atoms with Gasteiger partial charge in [-0.2, -0.15) is 0 Å². The number of nitrogens with zero attached hydrogens (tertiary/aromatic N) is 2. The summed E-state index contributed by atoms with van der Waals surface area (Å²) in [4.78, 5) is 9.17. The van der Waals surface area contributed by atoms with Gasteiger partial charge in [0, 0.05) is 24.6 Å². The summed E-state index contributed by atoms with van der Waals surface area (Å²) in [5.41, 5.74) is 3.93. The van der Waals surface area contributed by atoms with E-state index >= 15 is 0 Å². The number of nitrogens with one attached hydrogen (secondary N) is 1. The molecule has 0 saturated heterocycles. The van der Waals surface area contributed by atoms with Crippen LogP contribution in [0, 0.1) is 0 Å². The van der Waals surface area contributed by atoms with Gasteiger partial charge in [-0.3, -0.25) is 0 Å². The van der Waals surface area contributed by atoms with Crippen LogP contribution in [0.2, 0.25) is 0 Å². The van der Waals surface area contributed by atoms with Crippen molar-refractivity contribution in [2.45, 2.75) is 37.0 Å². The summed E-state index contributed by atoms with van der Waals surface area (Å²) in [6.07, 6.45) is 4.68. The third-order valence-corrected chi connectivity index (χ3v) is 3.39. The van der Waals surface area contributed by atoms with E-state index in [1.54, 1.807) is 11.8 Å². The molecule has 0 spiro atoms. The average Bonchev–Trinajstić information content (AvgIpc) is 2.95. The summed E-state index contributed by atoms with van der Waals surface area (Å²) in [6, 6.07) is 0. The minimum atomic E-state index is 0.734. The normalized spacial score (nSPS) is 19.8. The first-order chi connectivity index (χ1) is 6.88. The predicted molar refractivity (Wildman–Crippen MR) is 56.3 cm³/mol. The van der Waals surface area contributed by atoms with E-state index in [4.69, 9.17) is 0 Å². The van der Waals surface area contributed by atoms with Crippen LogP contribution in [0.25, 0.3) is 0 Å². The average molecular weight is 207 g/mol. The predicted octanol–water partition coefficient (Wildman–Crippen LogP) is 1.68. The molecular weight excluding hydrogens is 194 g/mol. The van der Waals surface area contributed by atoms with Gasteiger partial charge in [0.25, 0.3) is 0 Å². The monoisotopic (exact) mass is 207 g/mol. The van der Waals surface area contributed by atoms with Crippen molar-refractivity contribution in [1.29, 1.82) is 0 Å². The third kappa shape index (κ3) is 1.33. The van der Waals surface area contributed by atoms with Crippen LogP contribution in [0.4, 0.5) is 0 Å². The molecular formula is C10H13N3S. The third-order valence-electron chi connectivity index (χ3n) is 2.85. The van der Waals surface area contributed by atoms with Crippen molar-refractivity contribution in [3.63, 3.8) is 0 Å². The van der Waals surface area contributed by atoms with E-state index in [0.29, 0.717) is 0 Å². The molecule has 0 bridgehead atoms. The molecule has 3 nitrogen and oxygen atoms in total. The zero-order valence-corrected chi connectivity index (χ0v) is 9.02. The van der Waals surface area contributed by atoms with Crippen LogP contribution in [-0.4, -0.2) is 16.2 Å². The molecule has 0 unspecified atom stereocenters. The van der Waals surface area contributed by atoms with Gasteiger partial charge in [0.1, 0.15) is 0 Å². The van der Waals surface area contributed by atoms with Gasteiger partial charge in [0.15, 0.2) is 5.16 Å². The summed E-state index contributed by atoms with van der Waals surface area (Å²) in [5, 5.41) is 4.29. The zero-order chi connectivity index (χ0) is 9.54. The molecule has 0 atom stereocenters. The molecule has 1 aliphatic carbocycles. The summed E-state index contributed by atoms with van der Waals surface area (Å²) in [6.45, 7) is 1.89. The lowest BCUT2D eigenvalue weighted by molar-refractivity contribution is 0.754. The fourth-order valence-electron chi connectivity index (χ4n) is 1.96. The highest BCUT2D eigenvalue weighted by atomic mass is 32.2. The topological polar surface area (TPSA) is 37.8 Å². The molecule has 1 aromatic heterocycles. The second-order valence-corrected chi connectivity index (χ2v) is 4.67. The maximum absolute atomic E-state index is 4.64. The lowest BCUT2D eigenvalue weighted by atomic mass is 10.1. The summed E-state index contributed by atoms with van der Waals surface area (Å²) >= 11 is 1.64. The number of rotatable bonds is 2. The van der Waals surface area contributed by atoms with Gasteiger partial charge in [-0.1, -0.05) is 11.8 Å². The van der Waals surface area contributed by atoms with E-state index in [1.807, 2.05) is 6.26 Å². The molecule has 1 N–H and O–H groups in total. The summed E-state index contributed by atoms with van der Waals surface area (Å²) in [7, 11) is 0. The highest BCUT2D eigenvalue weighted by Crippen LogP contribution is 2.42. The lowest BCUT2D eigenvalue weighted by Crippen LogP contribution is -2.01. The van der Waals surface area contributed by atoms with Gasteiger partial charge in [0.2, 0.25) is 0 Å². The molecule has 1 aliphatic heterocycles. The molecule has 0 aromatic carbocycles. The fourth-order valence-corrected chi connectivity index (χ4v) is 2.35. The molecule has 0 amide bonds. The number of fused-ring (bicyclic) bond motifs is 1. The lowest BCUT2D eigenvalue weighted by Gasteiger charge is -2.06. The van der Waals surface area contributed by atoms with Crippen LogP contribution in [0.5, 0.6) is 0 Å². The Morgan fingerprint density at radius 2 is 2.14 bits per heavy atom. The highest BCUT2D eigenvalue weighted by Gasteiger charge is 2.31. The molecule has 14 heavy (non-hydrogen) atoms. The molecule has 1 aromatic rings. The van der Waals surface area contributed by atoms with Gasteiger partial charge in [-0.15, -0.1) is 0 Å². The van der Waals surface area contributed by atoms with Gasteiger partial charge in [0.05, 0.1) is 11.4 Å². The van der Waals surface area contributed by atoms with E-state index in [1.165, 1.54) is 29.8 Å². The second-order valence-electron chi connectivity index (χ2n) is 3.90. The Labute approximate surface area is 87.7 Å². The molecule has 1 fully saturated rings. The van der Waals surface area contributed by atoms with Crippen LogP contribution in [0.1, 0.15) is 35.7 Å².